The summed E-state index contributed by atoms with van der Waals surface area (Å²) in [4.78, 5) is 0. The average molecular weight is 120 g/mol. The van der Waals surface area contributed by atoms with E-state index in [0.29, 0.717) is 0 Å². The zero-order chi connectivity index (χ0) is 6.41. The van der Waals surface area contributed by atoms with Crippen molar-refractivity contribution in [2.75, 3.05) is 0 Å². The molecule has 0 nitrogen and oxygen atoms in total. The van der Waals surface area contributed by atoms with Crippen molar-refractivity contribution in [2.24, 2.45) is 0 Å². The SMILES string of the molecule is CCCCC[C-](C)C.[Li+]. The standard InChI is InChI=1S/C8H17.Li/c1-4-5-6-7-8(2)3;/h4-7H2,1-3H3;/q-1;+1. The van der Waals surface area contributed by atoms with Gasteiger partial charge in [0.25, 0.3) is 0 Å². The predicted octanol–water partition coefficient (Wildman–Crippen LogP) is 0.185. The van der Waals surface area contributed by atoms with E-state index in [1.807, 2.05) is 0 Å². The van der Waals surface area contributed by atoms with Crippen molar-refractivity contribution < 1.29 is 18.9 Å². The Bertz CT molecular complexity index is 41.8. The summed E-state index contributed by atoms with van der Waals surface area (Å²) < 4.78 is 0. The molecule has 0 bridgehead atoms. The summed E-state index contributed by atoms with van der Waals surface area (Å²) in [6.45, 7) is 6.65. The summed E-state index contributed by atoms with van der Waals surface area (Å²) >= 11 is 0. The van der Waals surface area contributed by atoms with Crippen LogP contribution >= 0.6 is 0 Å². The van der Waals surface area contributed by atoms with Gasteiger partial charge in [0.2, 0.25) is 0 Å². The molecule has 50 valence electrons. The number of rotatable bonds is 4. The van der Waals surface area contributed by atoms with Gasteiger partial charge >= 0.3 is 18.9 Å². The summed E-state index contributed by atoms with van der Waals surface area (Å²) in [6.07, 6.45) is 5.45. The molecule has 0 aliphatic rings. The predicted molar refractivity (Wildman–Crippen MR) is 38.7 cm³/mol. The molecule has 0 fully saturated rings. The first-order chi connectivity index (χ1) is 3.77. The van der Waals surface area contributed by atoms with Crippen LogP contribution < -0.4 is 18.9 Å². The maximum Gasteiger partial charge on any atom is 1.00 e. The van der Waals surface area contributed by atoms with Gasteiger partial charge in [0.15, 0.2) is 0 Å². The van der Waals surface area contributed by atoms with Gasteiger partial charge in [-0.3, -0.25) is 0 Å². The van der Waals surface area contributed by atoms with E-state index in [1.165, 1.54) is 25.7 Å². The number of hydrogen-bond donors (Lipinski definition) is 0. The van der Waals surface area contributed by atoms with Gasteiger partial charge in [0, 0.05) is 0 Å². The molecule has 0 aromatic heterocycles. The topological polar surface area (TPSA) is 0 Å². The first-order valence-electron chi connectivity index (χ1n) is 3.56. The molecule has 0 spiro atoms. The van der Waals surface area contributed by atoms with E-state index in [4.69, 9.17) is 0 Å². The van der Waals surface area contributed by atoms with Crippen LogP contribution in [-0.4, -0.2) is 0 Å². The minimum Gasteiger partial charge on any atom is -0.320 e. The van der Waals surface area contributed by atoms with Crippen molar-refractivity contribution in [1.29, 1.82) is 0 Å². The monoisotopic (exact) mass is 120 g/mol. The van der Waals surface area contributed by atoms with Crippen LogP contribution in [0.25, 0.3) is 0 Å². The molecule has 0 aliphatic carbocycles. The number of hydrogen-bond acceptors (Lipinski definition) is 0. The van der Waals surface area contributed by atoms with Crippen LogP contribution in [0.5, 0.6) is 0 Å². The van der Waals surface area contributed by atoms with Crippen molar-refractivity contribution in [3.05, 3.63) is 5.92 Å². The van der Waals surface area contributed by atoms with Crippen molar-refractivity contribution in [3.63, 3.8) is 0 Å². The average Bonchev–Trinajstić information content (AvgIpc) is 1.66. The molecule has 0 heterocycles. The maximum atomic E-state index is 2.24. The van der Waals surface area contributed by atoms with Crippen LogP contribution in [0.2, 0.25) is 0 Å². The molecular formula is C8H17Li. The summed E-state index contributed by atoms with van der Waals surface area (Å²) in [5, 5.41) is 0. The van der Waals surface area contributed by atoms with E-state index in [9.17, 15) is 0 Å². The van der Waals surface area contributed by atoms with Crippen LogP contribution in [0.4, 0.5) is 0 Å². The first kappa shape index (κ1) is 12.3. The molecule has 0 aliphatic heterocycles. The van der Waals surface area contributed by atoms with Gasteiger partial charge < -0.3 is 5.92 Å². The fraction of sp³-hybridized carbons (Fsp3) is 0.875. The summed E-state index contributed by atoms with van der Waals surface area (Å²) in [5.74, 6) is 1.57. The second kappa shape index (κ2) is 8.60. The molecule has 0 saturated heterocycles. The van der Waals surface area contributed by atoms with Gasteiger partial charge in [-0.15, -0.1) is 0 Å². The Labute approximate surface area is 71.6 Å². The van der Waals surface area contributed by atoms with E-state index in [1.54, 1.807) is 5.92 Å². The van der Waals surface area contributed by atoms with Gasteiger partial charge in [0.05, 0.1) is 0 Å². The van der Waals surface area contributed by atoms with Gasteiger partial charge in [-0.2, -0.15) is 20.3 Å². The molecule has 0 atom stereocenters. The van der Waals surface area contributed by atoms with E-state index in [0.717, 1.165) is 0 Å². The molecule has 0 amide bonds. The Morgan fingerprint density at radius 2 is 1.67 bits per heavy atom. The molecule has 9 heavy (non-hydrogen) atoms. The van der Waals surface area contributed by atoms with Crippen molar-refractivity contribution in [1.82, 2.24) is 0 Å². The van der Waals surface area contributed by atoms with E-state index >= 15 is 0 Å². The van der Waals surface area contributed by atoms with Crippen molar-refractivity contribution >= 4 is 0 Å². The zero-order valence-corrected chi connectivity index (χ0v) is 7.33. The molecule has 0 saturated carbocycles. The smallest absolute Gasteiger partial charge is 0.320 e. The second-order valence-electron chi connectivity index (χ2n) is 2.66. The quantitative estimate of drug-likeness (QED) is 0.282. The molecule has 0 unspecified atom stereocenters. The van der Waals surface area contributed by atoms with E-state index in [2.05, 4.69) is 20.8 Å². The molecule has 0 aromatic carbocycles. The zero-order valence-electron chi connectivity index (χ0n) is 7.33. The van der Waals surface area contributed by atoms with Crippen molar-refractivity contribution in [2.45, 2.75) is 46.5 Å². The Morgan fingerprint density at radius 1 is 1.11 bits per heavy atom. The Morgan fingerprint density at radius 3 is 2.00 bits per heavy atom. The molecule has 0 N–H and O–H groups in total. The summed E-state index contributed by atoms with van der Waals surface area (Å²) in [5.41, 5.74) is 0. The Balaban J connectivity index is 0. The third-order valence-electron chi connectivity index (χ3n) is 1.28. The second-order valence-corrected chi connectivity index (χ2v) is 2.66. The van der Waals surface area contributed by atoms with Gasteiger partial charge in [0.1, 0.15) is 0 Å². The van der Waals surface area contributed by atoms with Crippen LogP contribution in [-0.2, 0) is 0 Å². The fourth-order valence-corrected chi connectivity index (χ4v) is 0.729. The third-order valence-corrected chi connectivity index (χ3v) is 1.28. The molecule has 0 aromatic rings. The summed E-state index contributed by atoms with van der Waals surface area (Å²) in [6, 6.07) is 0. The van der Waals surface area contributed by atoms with Crippen LogP contribution in [0, 0.1) is 5.92 Å². The van der Waals surface area contributed by atoms with Crippen LogP contribution in [0.15, 0.2) is 0 Å². The molecule has 1 heteroatoms. The Kier molecular flexibility index (Phi) is 11.7. The summed E-state index contributed by atoms with van der Waals surface area (Å²) in [7, 11) is 0. The fourth-order valence-electron chi connectivity index (χ4n) is 0.729. The van der Waals surface area contributed by atoms with Gasteiger partial charge in [-0.25, -0.2) is 0 Å². The molecular weight excluding hydrogens is 103 g/mol. The molecule has 0 radical (unpaired) electrons. The Hall–Kier alpha value is 0.597. The van der Waals surface area contributed by atoms with Gasteiger partial charge in [-0.05, 0) is 0 Å². The van der Waals surface area contributed by atoms with Gasteiger partial charge in [-0.1, -0.05) is 26.2 Å². The van der Waals surface area contributed by atoms with Crippen LogP contribution in [0.3, 0.4) is 0 Å². The van der Waals surface area contributed by atoms with E-state index in [-0.39, 0.29) is 18.9 Å². The molecule has 0 rings (SSSR count). The largest absolute Gasteiger partial charge is 1.00 e. The normalized spacial score (nSPS) is 9.33. The third kappa shape index (κ3) is 11.9. The first-order valence-corrected chi connectivity index (χ1v) is 3.56. The number of unbranched alkanes of at least 4 members (excludes halogenated alkanes) is 2. The minimum atomic E-state index is 0. The maximum absolute atomic E-state index is 2.24. The van der Waals surface area contributed by atoms with Crippen molar-refractivity contribution in [3.8, 4) is 0 Å². The minimum absolute atomic E-state index is 0. The van der Waals surface area contributed by atoms with E-state index < -0.39 is 0 Å². The van der Waals surface area contributed by atoms with Crippen LogP contribution in [0.1, 0.15) is 46.5 Å².